The van der Waals surface area contributed by atoms with E-state index in [1.165, 1.54) is 6.07 Å². The maximum absolute atomic E-state index is 12.1. The van der Waals surface area contributed by atoms with E-state index in [0.29, 0.717) is 5.56 Å². The number of para-hydroxylation sites is 1. The van der Waals surface area contributed by atoms with Gasteiger partial charge in [-0.2, -0.15) is 0 Å². The summed E-state index contributed by atoms with van der Waals surface area (Å²) in [5.74, 6) is -0.123. The van der Waals surface area contributed by atoms with Crippen LogP contribution in [0.25, 0.3) is 0 Å². The van der Waals surface area contributed by atoms with Gasteiger partial charge in [0, 0.05) is 5.56 Å². The van der Waals surface area contributed by atoms with Crippen LogP contribution in [0.5, 0.6) is 5.75 Å². The molecule has 0 fully saturated rings. The lowest BCUT2D eigenvalue weighted by Crippen LogP contribution is -2.12. The standard InChI is InChI=1S/C8H11FN2O/c9-4-7(11)5-2-1-3-6(10)8(5)12/h1-3,7,12H,4,10-11H2. The maximum Gasteiger partial charge on any atom is 0.143 e. The van der Waals surface area contributed by atoms with Gasteiger partial charge in [0.1, 0.15) is 12.4 Å². The van der Waals surface area contributed by atoms with E-state index in [4.69, 9.17) is 11.5 Å². The number of phenolic OH excluding ortho intramolecular Hbond substituents is 1. The van der Waals surface area contributed by atoms with Gasteiger partial charge in [-0.3, -0.25) is 0 Å². The summed E-state index contributed by atoms with van der Waals surface area (Å²) >= 11 is 0. The Bertz CT molecular complexity index is 278. The molecular weight excluding hydrogens is 159 g/mol. The van der Waals surface area contributed by atoms with Gasteiger partial charge in [-0.15, -0.1) is 0 Å². The lowest BCUT2D eigenvalue weighted by Gasteiger charge is -2.10. The highest BCUT2D eigenvalue weighted by Crippen LogP contribution is 2.28. The second-order valence-electron chi connectivity index (χ2n) is 2.55. The van der Waals surface area contributed by atoms with Gasteiger partial charge in [0.15, 0.2) is 0 Å². The van der Waals surface area contributed by atoms with Gasteiger partial charge in [-0.05, 0) is 6.07 Å². The number of hydrogen-bond acceptors (Lipinski definition) is 3. The fourth-order valence-corrected chi connectivity index (χ4v) is 0.962. The van der Waals surface area contributed by atoms with Crippen LogP contribution in [0.15, 0.2) is 18.2 Å². The molecule has 1 aromatic carbocycles. The molecule has 0 radical (unpaired) electrons. The van der Waals surface area contributed by atoms with Crippen molar-refractivity contribution < 1.29 is 9.50 Å². The molecule has 0 amide bonds. The average molecular weight is 170 g/mol. The Morgan fingerprint density at radius 3 is 2.75 bits per heavy atom. The molecule has 0 heterocycles. The van der Waals surface area contributed by atoms with Crippen LogP contribution in [0.2, 0.25) is 0 Å². The van der Waals surface area contributed by atoms with E-state index in [-0.39, 0.29) is 11.4 Å². The van der Waals surface area contributed by atoms with E-state index in [9.17, 15) is 9.50 Å². The molecule has 5 N–H and O–H groups in total. The predicted molar refractivity (Wildman–Crippen MR) is 45.4 cm³/mol. The first-order chi connectivity index (χ1) is 5.66. The summed E-state index contributed by atoms with van der Waals surface area (Å²) in [5, 5.41) is 9.33. The molecule has 3 nitrogen and oxygen atoms in total. The maximum atomic E-state index is 12.1. The number of rotatable bonds is 2. The Labute approximate surface area is 69.8 Å². The van der Waals surface area contributed by atoms with Crippen molar-refractivity contribution in [3.05, 3.63) is 23.8 Å². The zero-order valence-corrected chi connectivity index (χ0v) is 6.50. The van der Waals surface area contributed by atoms with E-state index >= 15 is 0 Å². The summed E-state index contributed by atoms with van der Waals surface area (Å²) in [6.07, 6.45) is 0. The molecule has 1 aromatic rings. The summed E-state index contributed by atoms with van der Waals surface area (Å²) < 4.78 is 12.1. The molecule has 4 heteroatoms. The Balaban J connectivity index is 3.07. The number of phenols is 1. The molecule has 1 rings (SSSR count). The van der Waals surface area contributed by atoms with Crippen LogP contribution in [-0.4, -0.2) is 11.8 Å². The van der Waals surface area contributed by atoms with Gasteiger partial charge in [0.25, 0.3) is 0 Å². The minimum atomic E-state index is -0.798. The van der Waals surface area contributed by atoms with E-state index in [1.54, 1.807) is 12.1 Å². The van der Waals surface area contributed by atoms with Crippen molar-refractivity contribution in [2.24, 2.45) is 5.73 Å². The second-order valence-corrected chi connectivity index (χ2v) is 2.55. The van der Waals surface area contributed by atoms with E-state index < -0.39 is 12.7 Å². The first-order valence-corrected chi connectivity index (χ1v) is 3.55. The van der Waals surface area contributed by atoms with Crippen LogP contribution in [0.4, 0.5) is 10.1 Å². The van der Waals surface area contributed by atoms with Crippen LogP contribution in [0.3, 0.4) is 0 Å². The predicted octanol–water partition coefficient (Wildman–Crippen LogP) is 0.944. The molecular formula is C8H11FN2O. The molecule has 0 bridgehead atoms. The Morgan fingerprint density at radius 1 is 1.50 bits per heavy atom. The normalized spacial score (nSPS) is 12.8. The van der Waals surface area contributed by atoms with Crippen molar-refractivity contribution in [2.75, 3.05) is 12.4 Å². The third-order valence-corrected chi connectivity index (χ3v) is 1.66. The third-order valence-electron chi connectivity index (χ3n) is 1.66. The lowest BCUT2D eigenvalue weighted by atomic mass is 10.1. The Hall–Kier alpha value is -1.29. The molecule has 1 unspecified atom stereocenters. The number of nitrogens with two attached hydrogens (primary N) is 2. The number of benzene rings is 1. The fourth-order valence-electron chi connectivity index (χ4n) is 0.962. The van der Waals surface area contributed by atoms with Gasteiger partial charge >= 0.3 is 0 Å². The number of nitrogen functional groups attached to an aromatic ring is 1. The molecule has 0 saturated carbocycles. The highest BCUT2D eigenvalue weighted by atomic mass is 19.1. The number of hydrogen-bond donors (Lipinski definition) is 3. The van der Waals surface area contributed by atoms with Crippen LogP contribution in [-0.2, 0) is 0 Å². The molecule has 0 saturated heterocycles. The van der Waals surface area contributed by atoms with Gasteiger partial charge in [0.2, 0.25) is 0 Å². The zero-order chi connectivity index (χ0) is 9.14. The second kappa shape index (κ2) is 3.40. The minimum Gasteiger partial charge on any atom is -0.505 e. The van der Waals surface area contributed by atoms with Crippen LogP contribution < -0.4 is 11.5 Å². The van der Waals surface area contributed by atoms with E-state index in [2.05, 4.69) is 0 Å². The highest BCUT2D eigenvalue weighted by molar-refractivity contribution is 5.56. The summed E-state index contributed by atoms with van der Waals surface area (Å²) in [6, 6.07) is 3.91. The minimum absolute atomic E-state index is 0.123. The quantitative estimate of drug-likeness (QED) is 0.457. The molecule has 0 aliphatic rings. The smallest absolute Gasteiger partial charge is 0.143 e. The molecule has 0 aliphatic heterocycles. The van der Waals surface area contributed by atoms with Crippen LogP contribution in [0, 0.1) is 0 Å². The van der Waals surface area contributed by atoms with E-state index in [1.807, 2.05) is 0 Å². The summed E-state index contributed by atoms with van der Waals surface area (Å²) in [4.78, 5) is 0. The Kier molecular flexibility index (Phi) is 2.50. The number of anilines is 1. The number of halogens is 1. The SMILES string of the molecule is Nc1cccc(C(N)CF)c1O. The van der Waals surface area contributed by atoms with Crippen molar-refractivity contribution in [3.8, 4) is 5.75 Å². The molecule has 12 heavy (non-hydrogen) atoms. The van der Waals surface area contributed by atoms with Crippen molar-refractivity contribution >= 4 is 5.69 Å². The molecule has 0 aliphatic carbocycles. The number of alkyl halides is 1. The van der Waals surface area contributed by atoms with Gasteiger partial charge < -0.3 is 16.6 Å². The average Bonchev–Trinajstić information content (AvgIpc) is 2.08. The van der Waals surface area contributed by atoms with Gasteiger partial charge in [-0.1, -0.05) is 12.1 Å². The van der Waals surface area contributed by atoms with Crippen molar-refractivity contribution in [1.82, 2.24) is 0 Å². The summed E-state index contributed by atoms with van der Waals surface area (Å²) in [7, 11) is 0. The Morgan fingerprint density at radius 2 is 2.17 bits per heavy atom. The lowest BCUT2D eigenvalue weighted by molar-refractivity contribution is 0.415. The first kappa shape index (κ1) is 8.80. The topological polar surface area (TPSA) is 72.3 Å². The molecule has 0 aromatic heterocycles. The molecule has 0 spiro atoms. The summed E-state index contributed by atoms with van der Waals surface area (Å²) in [5.41, 5.74) is 11.3. The monoisotopic (exact) mass is 170 g/mol. The van der Waals surface area contributed by atoms with Gasteiger partial charge in [0.05, 0.1) is 11.7 Å². The van der Waals surface area contributed by atoms with E-state index in [0.717, 1.165) is 0 Å². The van der Waals surface area contributed by atoms with Crippen LogP contribution in [0.1, 0.15) is 11.6 Å². The summed E-state index contributed by atoms with van der Waals surface area (Å²) in [6.45, 7) is -0.711. The first-order valence-electron chi connectivity index (χ1n) is 3.55. The molecule has 66 valence electrons. The zero-order valence-electron chi connectivity index (χ0n) is 6.50. The molecule has 1 atom stereocenters. The number of aromatic hydroxyl groups is 1. The fraction of sp³-hybridized carbons (Fsp3) is 0.250. The highest BCUT2D eigenvalue weighted by Gasteiger charge is 2.11. The third kappa shape index (κ3) is 1.48. The van der Waals surface area contributed by atoms with Gasteiger partial charge in [-0.25, -0.2) is 4.39 Å². The van der Waals surface area contributed by atoms with Crippen LogP contribution >= 0.6 is 0 Å². The largest absolute Gasteiger partial charge is 0.505 e. The van der Waals surface area contributed by atoms with Crippen molar-refractivity contribution in [3.63, 3.8) is 0 Å². The van der Waals surface area contributed by atoms with Crippen molar-refractivity contribution in [2.45, 2.75) is 6.04 Å². The van der Waals surface area contributed by atoms with Crippen molar-refractivity contribution in [1.29, 1.82) is 0 Å².